The number of rotatable bonds is 0. The molecule has 0 aromatic heterocycles. The molecule has 0 saturated heterocycles. The highest BCUT2D eigenvalue weighted by molar-refractivity contribution is 14.1. The van der Waals surface area contributed by atoms with Crippen LogP contribution in [0.3, 0.4) is 0 Å². The van der Waals surface area contributed by atoms with Crippen LogP contribution in [0.1, 0.15) is 6.92 Å². The van der Waals surface area contributed by atoms with Crippen LogP contribution in [0.15, 0.2) is 12.5 Å². The van der Waals surface area contributed by atoms with E-state index < -0.39 is 0 Å². The summed E-state index contributed by atoms with van der Waals surface area (Å²) < 4.78 is 5.83. The molecule has 1 rings (SSSR count). The maximum absolute atomic E-state index is 5.26. The van der Waals surface area contributed by atoms with E-state index in [4.69, 9.17) is 4.74 Å². The van der Waals surface area contributed by atoms with Gasteiger partial charge in [-0.3, -0.25) is 0 Å². The van der Waals surface area contributed by atoms with Crippen LogP contribution in [0, 0.1) is 0 Å². The fraction of sp³-hybridized carbons (Fsp3) is 0.667. The number of ether oxygens (including phenoxy) is 1. The van der Waals surface area contributed by atoms with Crippen molar-refractivity contribution in [2.24, 2.45) is 0 Å². The van der Waals surface area contributed by atoms with Gasteiger partial charge in [-0.1, -0.05) is 22.6 Å². The highest BCUT2D eigenvalue weighted by Crippen LogP contribution is 2.10. The molecule has 0 saturated carbocycles. The minimum Gasteiger partial charge on any atom is -0.496 e. The van der Waals surface area contributed by atoms with Gasteiger partial charge in [-0.05, 0) is 6.92 Å². The van der Waals surface area contributed by atoms with Crippen molar-refractivity contribution in [3.63, 3.8) is 0 Å². The Morgan fingerprint density at radius 3 is 3.33 bits per heavy atom. The van der Waals surface area contributed by atoms with E-state index in [2.05, 4.69) is 34.8 Å². The Hall–Kier alpha value is 0.0700. The van der Waals surface area contributed by atoms with Crippen LogP contribution >= 0.6 is 22.6 Å². The summed E-state index contributed by atoms with van der Waals surface area (Å²) in [5, 5.41) is 3.11. The molecule has 0 aliphatic carbocycles. The Bertz CT molecular complexity index is 116. The third-order valence-electron chi connectivity index (χ3n) is 1.30. The summed E-state index contributed by atoms with van der Waals surface area (Å²) in [6.07, 6.45) is 3.88. The van der Waals surface area contributed by atoms with Gasteiger partial charge in [-0.2, -0.15) is 0 Å². The SMILES string of the molecule is CC1OC=CNCC1I. The van der Waals surface area contributed by atoms with Gasteiger partial charge in [0.05, 0.1) is 10.2 Å². The molecule has 0 aromatic rings. The molecule has 9 heavy (non-hydrogen) atoms. The number of halogens is 1. The lowest BCUT2D eigenvalue weighted by Gasteiger charge is -2.13. The molecular weight excluding hydrogens is 229 g/mol. The van der Waals surface area contributed by atoms with Gasteiger partial charge in [0.1, 0.15) is 6.10 Å². The Kier molecular flexibility index (Phi) is 2.63. The average Bonchev–Trinajstić information content (AvgIpc) is 1.99. The van der Waals surface area contributed by atoms with Gasteiger partial charge in [0.15, 0.2) is 0 Å². The van der Waals surface area contributed by atoms with Crippen molar-refractivity contribution in [1.29, 1.82) is 0 Å². The second-order valence-corrected chi connectivity index (χ2v) is 3.67. The molecule has 1 N–H and O–H groups in total. The van der Waals surface area contributed by atoms with E-state index in [1.165, 1.54) is 0 Å². The van der Waals surface area contributed by atoms with Crippen LogP contribution in [0.4, 0.5) is 0 Å². The Morgan fingerprint density at radius 1 is 1.78 bits per heavy atom. The van der Waals surface area contributed by atoms with Crippen molar-refractivity contribution < 1.29 is 4.74 Å². The summed E-state index contributed by atoms with van der Waals surface area (Å²) in [7, 11) is 0. The van der Waals surface area contributed by atoms with Crippen LogP contribution in [0.5, 0.6) is 0 Å². The molecule has 2 unspecified atom stereocenters. The van der Waals surface area contributed by atoms with Gasteiger partial charge in [0, 0.05) is 12.7 Å². The molecule has 0 fully saturated rings. The highest BCUT2D eigenvalue weighted by Gasteiger charge is 2.14. The van der Waals surface area contributed by atoms with Gasteiger partial charge in [-0.25, -0.2) is 0 Å². The zero-order valence-electron chi connectivity index (χ0n) is 5.30. The first-order valence-corrected chi connectivity index (χ1v) is 4.23. The molecule has 1 aliphatic heterocycles. The molecule has 1 heterocycles. The lowest BCUT2D eigenvalue weighted by molar-refractivity contribution is 0.169. The Labute approximate surface area is 68.8 Å². The fourth-order valence-corrected chi connectivity index (χ4v) is 1.07. The van der Waals surface area contributed by atoms with Crippen molar-refractivity contribution in [1.82, 2.24) is 5.32 Å². The smallest absolute Gasteiger partial charge is 0.108 e. The Morgan fingerprint density at radius 2 is 2.56 bits per heavy atom. The van der Waals surface area contributed by atoms with Crippen LogP contribution in [-0.4, -0.2) is 16.6 Å². The molecule has 2 atom stereocenters. The predicted octanol–water partition coefficient (Wildman–Crippen LogP) is 1.27. The van der Waals surface area contributed by atoms with E-state index in [9.17, 15) is 0 Å². The molecule has 52 valence electrons. The predicted molar refractivity (Wildman–Crippen MR) is 45.5 cm³/mol. The zero-order valence-corrected chi connectivity index (χ0v) is 7.46. The summed E-state index contributed by atoms with van der Waals surface area (Å²) in [6, 6.07) is 0. The second kappa shape index (κ2) is 3.29. The van der Waals surface area contributed by atoms with Crippen molar-refractivity contribution in [2.75, 3.05) is 6.54 Å². The Balaban J connectivity index is 2.42. The highest BCUT2D eigenvalue weighted by atomic mass is 127. The van der Waals surface area contributed by atoms with Crippen LogP contribution < -0.4 is 5.32 Å². The summed E-state index contributed by atoms with van der Waals surface area (Å²) >= 11 is 2.38. The summed E-state index contributed by atoms with van der Waals surface area (Å²) in [4.78, 5) is 0. The normalized spacial score (nSPS) is 34.4. The summed E-state index contributed by atoms with van der Waals surface area (Å²) in [5.41, 5.74) is 0. The largest absolute Gasteiger partial charge is 0.496 e. The fourth-order valence-electron chi connectivity index (χ4n) is 0.643. The monoisotopic (exact) mass is 239 g/mol. The average molecular weight is 239 g/mol. The van der Waals surface area contributed by atoms with Crippen molar-refractivity contribution in [3.8, 4) is 0 Å². The van der Waals surface area contributed by atoms with Crippen LogP contribution in [-0.2, 0) is 4.74 Å². The lowest BCUT2D eigenvalue weighted by atomic mass is 10.3. The first kappa shape index (κ1) is 7.18. The minimum absolute atomic E-state index is 0.330. The molecule has 3 heteroatoms. The summed E-state index contributed by atoms with van der Waals surface area (Å²) in [6.45, 7) is 3.08. The van der Waals surface area contributed by atoms with Gasteiger partial charge in [0.25, 0.3) is 0 Å². The zero-order chi connectivity index (χ0) is 6.69. The van der Waals surface area contributed by atoms with Gasteiger partial charge >= 0.3 is 0 Å². The molecule has 0 amide bonds. The molecule has 0 bridgehead atoms. The summed E-state index contributed by atoms with van der Waals surface area (Å²) in [5.74, 6) is 0. The first-order chi connectivity index (χ1) is 4.30. The van der Waals surface area contributed by atoms with Crippen molar-refractivity contribution in [3.05, 3.63) is 12.5 Å². The van der Waals surface area contributed by atoms with Crippen LogP contribution in [0.25, 0.3) is 0 Å². The number of alkyl halides is 1. The van der Waals surface area contributed by atoms with Crippen LogP contribution in [0.2, 0.25) is 0 Å². The van der Waals surface area contributed by atoms with E-state index in [-0.39, 0.29) is 0 Å². The number of nitrogens with one attached hydrogen (secondary N) is 1. The van der Waals surface area contributed by atoms with E-state index in [1.807, 2.05) is 6.20 Å². The second-order valence-electron chi connectivity index (χ2n) is 2.07. The molecule has 0 radical (unpaired) electrons. The first-order valence-electron chi connectivity index (χ1n) is 2.98. The maximum Gasteiger partial charge on any atom is 0.108 e. The van der Waals surface area contributed by atoms with E-state index in [1.54, 1.807) is 6.26 Å². The standard InChI is InChI=1S/C6H10INO/c1-5-6(7)4-8-2-3-9-5/h2-3,5-6,8H,4H2,1H3. The van der Waals surface area contributed by atoms with Crippen molar-refractivity contribution >= 4 is 22.6 Å². The quantitative estimate of drug-likeness (QED) is 0.507. The minimum atomic E-state index is 0.330. The molecule has 2 nitrogen and oxygen atoms in total. The lowest BCUT2D eigenvalue weighted by Crippen LogP contribution is -2.25. The number of hydrogen-bond donors (Lipinski definition) is 1. The van der Waals surface area contributed by atoms with Gasteiger partial charge in [-0.15, -0.1) is 0 Å². The third kappa shape index (κ3) is 2.04. The molecule has 1 aliphatic rings. The van der Waals surface area contributed by atoms with E-state index in [0.717, 1.165) is 6.54 Å². The van der Waals surface area contributed by atoms with E-state index >= 15 is 0 Å². The third-order valence-corrected chi connectivity index (χ3v) is 2.75. The molecular formula is C6H10INO. The maximum atomic E-state index is 5.26. The molecule has 0 spiro atoms. The topological polar surface area (TPSA) is 21.3 Å². The molecule has 0 aromatic carbocycles. The van der Waals surface area contributed by atoms with Crippen molar-refractivity contribution in [2.45, 2.75) is 17.0 Å². The van der Waals surface area contributed by atoms with Gasteiger partial charge in [0.2, 0.25) is 0 Å². The van der Waals surface area contributed by atoms with Gasteiger partial charge < -0.3 is 10.1 Å². The number of hydrogen-bond acceptors (Lipinski definition) is 2. The van der Waals surface area contributed by atoms with E-state index in [0.29, 0.717) is 10.0 Å².